The number of fused-ring (bicyclic) bond motifs is 2. The van der Waals surface area contributed by atoms with Crippen molar-refractivity contribution in [3.63, 3.8) is 0 Å². The summed E-state index contributed by atoms with van der Waals surface area (Å²) in [6, 6.07) is 5.94. The number of nitrogens with zero attached hydrogens (tertiary/aromatic N) is 1. The topological polar surface area (TPSA) is 70.4 Å². The molecule has 1 amide bonds. The molecule has 3 aliphatic heterocycles. The Bertz CT molecular complexity index is 702. The Hall–Kier alpha value is -2.37. The Balaban J connectivity index is 1.78. The van der Waals surface area contributed by atoms with Gasteiger partial charge in [0.15, 0.2) is 0 Å². The van der Waals surface area contributed by atoms with Crippen LogP contribution in [-0.4, -0.2) is 17.1 Å². The van der Waals surface area contributed by atoms with Crippen molar-refractivity contribution >= 4 is 11.5 Å². The van der Waals surface area contributed by atoms with Gasteiger partial charge in [-0.1, -0.05) is 12.1 Å². The molecule has 4 N–H and O–H groups in total. The fourth-order valence-electron chi connectivity index (χ4n) is 2.82. The van der Waals surface area contributed by atoms with Gasteiger partial charge >= 0.3 is 0 Å². The van der Waals surface area contributed by atoms with Crippen LogP contribution in [0.25, 0.3) is 5.57 Å². The Kier molecular flexibility index (Phi) is 2.33. The zero-order valence-corrected chi connectivity index (χ0v) is 10.8. The minimum absolute atomic E-state index is 0.00877. The normalized spacial score (nSPS) is 23.1. The molecule has 0 spiro atoms. The molecule has 0 saturated carbocycles. The second-order valence-electron chi connectivity index (χ2n) is 5.05. The van der Waals surface area contributed by atoms with E-state index in [1.165, 1.54) is 0 Å². The predicted molar refractivity (Wildman–Crippen MR) is 75.8 cm³/mol. The van der Waals surface area contributed by atoms with Crippen molar-refractivity contribution in [1.29, 1.82) is 0 Å². The summed E-state index contributed by atoms with van der Waals surface area (Å²) in [5, 5.41) is 4.77. The molecule has 1 atom stereocenters. The van der Waals surface area contributed by atoms with Gasteiger partial charge in [0.1, 0.15) is 0 Å². The highest BCUT2D eigenvalue weighted by molar-refractivity contribution is 5.99. The minimum atomic E-state index is -0.172. The smallest absolute Gasteiger partial charge is 0.251 e. The van der Waals surface area contributed by atoms with Gasteiger partial charge in [-0.15, -0.1) is 0 Å². The maximum absolute atomic E-state index is 11.6. The average molecular weight is 266 g/mol. The number of hydrogen-bond donors (Lipinski definition) is 3. The van der Waals surface area contributed by atoms with E-state index < -0.39 is 0 Å². The molecule has 5 heteroatoms. The standard InChI is InChI=1S/C15H14N4O/c16-14-7-13-11(2-1-5-19(13)18-14)9-3-4-12-10(6-9)8-17-15(12)20/h1-7,14,18H,8,16H2,(H,17,20). The van der Waals surface area contributed by atoms with Gasteiger partial charge in [0, 0.05) is 23.9 Å². The first kappa shape index (κ1) is 11.5. The number of hydrogen-bond acceptors (Lipinski definition) is 4. The predicted octanol–water partition coefficient (Wildman–Crippen LogP) is 0.830. The molecule has 1 aromatic carbocycles. The number of rotatable bonds is 1. The summed E-state index contributed by atoms with van der Waals surface area (Å²) < 4.78 is 0. The number of carbonyl (C=O) groups excluding carboxylic acids is 1. The van der Waals surface area contributed by atoms with Crippen LogP contribution in [0.5, 0.6) is 0 Å². The number of hydrazine groups is 1. The number of benzene rings is 1. The van der Waals surface area contributed by atoms with Crippen molar-refractivity contribution < 1.29 is 4.79 Å². The SMILES string of the molecule is NC1C=C2C(c3ccc4c(c3)CNC4=O)=CC=CN2N1. The van der Waals surface area contributed by atoms with Gasteiger partial charge in [0.05, 0.1) is 11.9 Å². The van der Waals surface area contributed by atoms with E-state index in [0.717, 1.165) is 28.0 Å². The van der Waals surface area contributed by atoms with Crippen LogP contribution in [0.4, 0.5) is 0 Å². The van der Waals surface area contributed by atoms with Crippen LogP contribution in [0.15, 0.2) is 48.3 Å². The molecule has 3 heterocycles. The largest absolute Gasteiger partial charge is 0.348 e. The zero-order chi connectivity index (χ0) is 13.7. The van der Waals surface area contributed by atoms with Gasteiger partial charge in [-0.3, -0.25) is 9.80 Å². The highest BCUT2D eigenvalue weighted by Gasteiger charge is 2.25. The molecule has 0 aromatic heterocycles. The lowest BCUT2D eigenvalue weighted by atomic mass is 9.96. The molecular formula is C15H14N4O. The van der Waals surface area contributed by atoms with Crippen LogP contribution in [-0.2, 0) is 6.54 Å². The van der Waals surface area contributed by atoms with Crippen molar-refractivity contribution in [3.05, 3.63) is 65.0 Å². The summed E-state index contributed by atoms with van der Waals surface area (Å²) in [6.45, 7) is 0.603. The van der Waals surface area contributed by atoms with Crippen LogP contribution >= 0.6 is 0 Å². The molecule has 1 aromatic rings. The summed E-state index contributed by atoms with van der Waals surface area (Å²) in [7, 11) is 0. The van der Waals surface area contributed by atoms with Gasteiger partial charge < -0.3 is 11.1 Å². The van der Waals surface area contributed by atoms with Gasteiger partial charge in [0.2, 0.25) is 0 Å². The summed E-state index contributed by atoms with van der Waals surface area (Å²) in [6.07, 6.45) is 7.81. The first-order valence-corrected chi connectivity index (χ1v) is 6.55. The molecule has 0 radical (unpaired) electrons. The summed E-state index contributed by atoms with van der Waals surface area (Å²) in [4.78, 5) is 11.6. The summed E-state index contributed by atoms with van der Waals surface area (Å²) in [5.41, 5.74) is 14.1. The monoisotopic (exact) mass is 266 g/mol. The second kappa shape index (κ2) is 4.06. The maximum atomic E-state index is 11.6. The van der Waals surface area contributed by atoms with Gasteiger partial charge in [-0.05, 0) is 35.4 Å². The fourth-order valence-corrected chi connectivity index (χ4v) is 2.82. The lowest BCUT2D eigenvalue weighted by Gasteiger charge is -2.23. The van der Waals surface area contributed by atoms with E-state index in [-0.39, 0.29) is 12.1 Å². The lowest BCUT2D eigenvalue weighted by Crippen LogP contribution is -2.39. The molecule has 4 rings (SSSR count). The molecular weight excluding hydrogens is 252 g/mol. The van der Waals surface area contributed by atoms with Crippen LogP contribution in [0.3, 0.4) is 0 Å². The zero-order valence-electron chi connectivity index (χ0n) is 10.8. The van der Waals surface area contributed by atoms with E-state index >= 15 is 0 Å². The summed E-state index contributed by atoms with van der Waals surface area (Å²) >= 11 is 0. The Labute approximate surface area is 116 Å². The maximum Gasteiger partial charge on any atom is 0.251 e. The van der Waals surface area contributed by atoms with Gasteiger partial charge in [-0.25, -0.2) is 5.43 Å². The minimum Gasteiger partial charge on any atom is -0.348 e. The molecule has 20 heavy (non-hydrogen) atoms. The number of amides is 1. The second-order valence-corrected chi connectivity index (χ2v) is 5.05. The molecule has 100 valence electrons. The summed E-state index contributed by atoms with van der Waals surface area (Å²) in [5.74, 6) is 0.00877. The molecule has 1 unspecified atom stereocenters. The van der Waals surface area contributed by atoms with Gasteiger partial charge in [-0.2, -0.15) is 0 Å². The molecule has 0 bridgehead atoms. The van der Waals surface area contributed by atoms with E-state index in [1.54, 1.807) is 0 Å². The first-order chi connectivity index (χ1) is 9.72. The third kappa shape index (κ3) is 1.61. The molecule has 5 nitrogen and oxygen atoms in total. The van der Waals surface area contributed by atoms with Crippen molar-refractivity contribution in [2.75, 3.05) is 0 Å². The molecule has 0 aliphatic carbocycles. The van der Waals surface area contributed by atoms with Crippen molar-refractivity contribution in [2.45, 2.75) is 12.7 Å². The number of nitrogens with one attached hydrogen (secondary N) is 2. The molecule has 0 fully saturated rings. The van der Waals surface area contributed by atoms with E-state index in [2.05, 4.69) is 22.9 Å². The molecule has 3 aliphatic rings. The highest BCUT2D eigenvalue weighted by Crippen LogP contribution is 2.32. The van der Waals surface area contributed by atoms with Crippen LogP contribution in [0.2, 0.25) is 0 Å². The van der Waals surface area contributed by atoms with E-state index in [0.29, 0.717) is 6.54 Å². The van der Waals surface area contributed by atoms with E-state index in [9.17, 15) is 4.79 Å². The van der Waals surface area contributed by atoms with Crippen LogP contribution in [0, 0.1) is 0 Å². The average Bonchev–Trinajstić information content (AvgIpc) is 3.00. The third-order valence-corrected chi connectivity index (χ3v) is 3.76. The highest BCUT2D eigenvalue weighted by atomic mass is 16.1. The van der Waals surface area contributed by atoms with Gasteiger partial charge in [0.25, 0.3) is 5.91 Å². The third-order valence-electron chi connectivity index (χ3n) is 3.76. The van der Waals surface area contributed by atoms with Crippen molar-refractivity contribution in [3.8, 4) is 0 Å². The van der Waals surface area contributed by atoms with E-state index in [1.807, 2.05) is 35.5 Å². The van der Waals surface area contributed by atoms with E-state index in [4.69, 9.17) is 5.73 Å². The van der Waals surface area contributed by atoms with Crippen molar-refractivity contribution in [1.82, 2.24) is 15.8 Å². The number of allylic oxidation sites excluding steroid dienone is 3. The lowest BCUT2D eigenvalue weighted by molar-refractivity contribution is 0.0966. The van der Waals surface area contributed by atoms with Crippen LogP contribution < -0.4 is 16.5 Å². The quantitative estimate of drug-likeness (QED) is 0.704. The number of nitrogens with two attached hydrogens (primary N) is 1. The Morgan fingerprint density at radius 2 is 2.25 bits per heavy atom. The van der Waals surface area contributed by atoms with Crippen molar-refractivity contribution in [2.24, 2.45) is 5.73 Å². The molecule has 0 saturated heterocycles. The Morgan fingerprint density at radius 1 is 1.35 bits per heavy atom. The first-order valence-electron chi connectivity index (χ1n) is 6.55. The fraction of sp³-hybridized carbons (Fsp3) is 0.133. The Morgan fingerprint density at radius 3 is 3.15 bits per heavy atom. The number of carbonyl (C=O) groups is 1. The van der Waals surface area contributed by atoms with Crippen LogP contribution in [0.1, 0.15) is 21.5 Å².